The molecule has 0 unspecified atom stereocenters. The van der Waals surface area contributed by atoms with Gasteiger partial charge < -0.3 is 19.7 Å². The number of hydrogen-bond donors (Lipinski definition) is 1. The summed E-state index contributed by atoms with van der Waals surface area (Å²) in [6.07, 6.45) is 12.9. The maximum atomic E-state index is 15.6. The Balaban J connectivity index is 1.26. The molecule has 2 fully saturated rings. The van der Waals surface area contributed by atoms with Gasteiger partial charge in [0.25, 0.3) is 11.8 Å². The Kier molecular flexibility index (Phi) is 10.4. The molecular weight excluding hydrogens is 567 g/mol. The Morgan fingerprint density at radius 3 is 2.33 bits per heavy atom. The van der Waals surface area contributed by atoms with Crippen molar-refractivity contribution in [1.29, 1.82) is 0 Å². The molecular formula is C34H42ClFN4O3. The van der Waals surface area contributed by atoms with Gasteiger partial charge in [0.15, 0.2) is 0 Å². The Hall–Kier alpha value is -3.39. The second kappa shape index (κ2) is 14.4. The first-order valence-electron chi connectivity index (χ1n) is 15.8. The average Bonchev–Trinajstić information content (AvgIpc) is 3.86. The lowest BCUT2D eigenvalue weighted by Crippen LogP contribution is -2.49. The number of fused-ring (bicyclic) bond motifs is 1. The van der Waals surface area contributed by atoms with E-state index in [4.69, 9.17) is 11.6 Å². The van der Waals surface area contributed by atoms with Crippen molar-refractivity contribution in [2.24, 2.45) is 0 Å². The van der Waals surface area contributed by atoms with Crippen LogP contribution in [0.3, 0.4) is 0 Å². The number of halogens is 2. The van der Waals surface area contributed by atoms with Gasteiger partial charge in [0, 0.05) is 60.9 Å². The molecule has 0 bridgehead atoms. The van der Waals surface area contributed by atoms with Crippen LogP contribution in [0.4, 0.5) is 10.1 Å². The van der Waals surface area contributed by atoms with Gasteiger partial charge in [-0.05, 0) is 49.6 Å². The van der Waals surface area contributed by atoms with Crippen LogP contribution in [-0.4, -0.2) is 54.0 Å². The van der Waals surface area contributed by atoms with Crippen molar-refractivity contribution >= 4 is 40.0 Å². The number of amides is 2. The number of nitrogens with zero attached hydrogens (tertiary/aromatic N) is 3. The number of aromatic nitrogens is 1. The molecule has 1 aromatic heterocycles. The molecule has 43 heavy (non-hydrogen) atoms. The average molecular weight is 609 g/mol. The molecule has 0 atom stereocenters. The number of nitrogens with one attached hydrogen (secondary N) is 1. The number of piperazine rings is 1. The van der Waals surface area contributed by atoms with Gasteiger partial charge in [-0.1, -0.05) is 69.5 Å². The van der Waals surface area contributed by atoms with Crippen LogP contribution in [0.15, 0.2) is 47.4 Å². The molecule has 230 valence electrons. The Morgan fingerprint density at radius 1 is 0.953 bits per heavy atom. The summed E-state index contributed by atoms with van der Waals surface area (Å²) in [6.45, 7) is 4.54. The van der Waals surface area contributed by atoms with Crippen LogP contribution in [0, 0.1) is 5.82 Å². The Labute approximate surface area is 258 Å². The predicted molar refractivity (Wildman–Crippen MR) is 171 cm³/mol. The molecule has 9 heteroatoms. The third kappa shape index (κ3) is 7.58. The molecule has 0 radical (unpaired) electrons. The minimum atomic E-state index is -0.502. The summed E-state index contributed by atoms with van der Waals surface area (Å²) in [5, 5.41) is 3.65. The minimum Gasteiger partial charge on any atom is -0.366 e. The van der Waals surface area contributed by atoms with Crippen LogP contribution in [0.1, 0.15) is 97.9 Å². The number of pyridine rings is 1. The Morgan fingerprint density at radius 2 is 1.65 bits per heavy atom. The highest BCUT2D eigenvalue weighted by molar-refractivity contribution is 6.31. The predicted octanol–water partition coefficient (Wildman–Crippen LogP) is 6.96. The van der Waals surface area contributed by atoms with Gasteiger partial charge in [0.2, 0.25) is 5.43 Å². The van der Waals surface area contributed by atoms with E-state index in [0.29, 0.717) is 54.5 Å². The van der Waals surface area contributed by atoms with Crippen molar-refractivity contribution in [2.45, 2.75) is 77.2 Å². The van der Waals surface area contributed by atoms with Crippen LogP contribution >= 0.6 is 11.6 Å². The summed E-state index contributed by atoms with van der Waals surface area (Å²) in [5.74, 6) is -0.996. The van der Waals surface area contributed by atoms with E-state index in [9.17, 15) is 14.4 Å². The first-order chi connectivity index (χ1) is 20.9. The smallest absolute Gasteiger partial charge is 0.256 e. The van der Waals surface area contributed by atoms with E-state index in [1.54, 1.807) is 41.4 Å². The first-order valence-corrected chi connectivity index (χ1v) is 16.2. The van der Waals surface area contributed by atoms with Crippen molar-refractivity contribution in [1.82, 2.24) is 14.8 Å². The fourth-order valence-corrected chi connectivity index (χ4v) is 6.12. The molecule has 2 aromatic carbocycles. The third-order valence-corrected chi connectivity index (χ3v) is 8.82. The molecule has 3 aromatic rings. The quantitative estimate of drug-likeness (QED) is 0.213. The van der Waals surface area contributed by atoms with Gasteiger partial charge >= 0.3 is 0 Å². The van der Waals surface area contributed by atoms with E-state index >= 15 is 4.39 Å². The largest absolute Gasteiger partial charge is 0.366 e. The molecule has 1 saturated heterocycles. The van der Waals surface area contributed by atoms with Crippen molar-refractivity contribution in [2.75, 3.05) is 37.6 Å². The molecule has 0 spiro atoms. The molecule has 1 aliphatic heterocycles. The van der Waals surface area contributed by atoms with E-state index in [2.05, 4.69) is 12.2 Å². The lowest BCUT2D eigenvalue weighted by Gasteiger charge is -2.36. The van der Waals surface area contributed by atoms with Crippen LogP contribution in [0.25, 0.3) is 10.9 Å². The monoisotopic (exact) mass is 608 g/mol. The summed E-state index contributed by atoms with van der Waals surface area (Å²) in [5.41, 5.74) is 1.20. The van der Waals surface area contributed by atoms with Crippen LogP contribution < -0.4 is 15.6 Å². The molecule has 5 rings (SSSR count). The van der Waals surface area contributed by atoms with E-state index in [1.165, 1.54) is 38.2 Å². The van der Waals surface area contributed by atoms with E-state index in [1.807, 2.05) is 9.47 Å². The summed E-state index contributed by atoms with van der Waals surface area (Å²) >= 11 is 6.06. The lowest BCUT2D eigenvalue weighted by atomic mass is 10.1. The fourth-order valence-electron chi connectivity index (χ4n) is 5.93. The van der Waals surface area contributed by atoms with Crippen molar-refractivity contribution in [3.05, 3.63) is 74.8 Å². The van der Waals surface area contributed by atoms with Crippen LogP contribution in [0.5, 0.6) is 0 Å². The molecule has 1 aliphatic carbocycles. The van der Waals surface area contributed by atoms with Crippen molar-refractivity contribution in [3.8, 4) is 0 Å². The van der Waals surface area contributed by atoms with Gasteiger partial charge in [-0.2, -0.15) is 0 Å². The summed E-state index contributed by atoms with van der Waals surface area (Å²) in [6, 6.07) is 10.1. The first kappa shape index (κ1) is 31.0. The topological polar surface area (TPSA) is 74.7 Å². The van der Waals surface area contributed by atoms with Crippen LogP contribution in [-0.2, 0) is 0 Å². The number of benzene rings is 2. The molecule has 2 aliphatic rings. The maximum absolute atomic E-state index is 15.6. The zero-order valence-electron chi connectivity index (χ0n) is 25.0. The lowest BCUT2D eigenvalue weighted by molar-refractivity contribution is 0.0746. The highest BCUT2D eigenvalue weighted by atomic mass is 35.5. The zero-order chi connectivity index (χ0) is 30.3. The van der Waals surface area contributed by atoms with E-state index in [0.717, 1.165) is 32.1 Å². The molecule has 2 amide bonds. The summed E-state index contributed by atoms with van der Waals surface area (Å²) in [7, 11) is 0. The fraction of sp³-hybridized carbons (Fsp3) is 0.500. The summed E-state index contributed by atoms with van der Waals surface area (Å²) in [4.78, 5) is 43.1. The number of hydrogen-bond acceptors (Lipinski definition) is 4. The van der Waals surface area contributed by atoms with Crippen LogP contribution in [0.2, 0.25) is 5.02 Å². The molecule has 7 nitrogen and oxygen atoms in total. The van der Waals surface area contributed by atoms with Gasteiger partial charge in [-0.15, -0.1) is 0 Å². The van der Waals surface area contributed by atoms with Gasteiger partial charge in [0.05, 0.1) is 11.2 Å². The number of carbonyl (C=O) groups is 2. The summed E-state index contributed by atoms with van der Waals surface area (Å²) < 4.78 is 17.5. The van der Waals surface area contributed by atoms with Gasteiger partial charge in [-0.25, -0.2) is 4.39 Å². The normalized spacial score (nSPS) is 15.2. The second-order valence-corrected chi connectivity index (χ2v) is 12.3. The van der Waals surface area contributed by atoms with Crippen molar-refractivity contribution < 1.29 is 14.0 Å². The number of anilines is 1. The molecule has 2 heterocycles. The minimum absolute atomic E-state index is 0.0688. The van der Waals surface area contributed by atoms with Crippen molar-refractivity contribution in [3.63, 3.8) is 0 Å². The number of unbranched alkanes of at least 4 members (excludes halogenated alkanes) is 7. The van der Waals surface area contributed by atoms with E-state index < -0.39 is 17.2 Å². The van der Waals surface area contributed by atoms with Gasteiger partial charge in [-0.3, -0.25) is 14.4 Å². The highest BCUT2D eigenvalue weighted by Gasteiger charge is 2.29. The second-order valence-electron chi connectivity index (χ2n) is 11.9. The zero-order valence-corrected chi connectivity index (χ0v) is 25.8. The maximum Gasteiger partial charge on any atom is 0.256 e. The highest BCUT2D eigenvalue weighted by Crippen LogP contribution is 2.38. The number of carbonyl (C=O) groups excluding carboxylic acids is 2. The standard InChI is InChI=1S/C34H42ClFN4O3/c1-2-3-4-5-6-7-8-9-15-37-33(42)28-23-40(26-13-14-26)30-22-31(29(36)21-27(30)32(28)41)38-16-18-39(19-17-38)34(43)24-11-10-12-25(35)20-24/h10-12,20-23,26H,2-9,13-19H2,1H3,(H,37,42). The SMILES string of the molecule is CCCCCCCCCCNC(=O)c1cn(C2CC2)c2cc(N3CCN(C(=O)c4cccc(Cl)c4)CC3)c(F)cc2c1=O. The van der Waals surface area contributed by atoms with Gasteiger partial charge in [0.1, 0.15) is 11.4 Å². The number of rotatable bonds is 13. The van der Waals surface area contributed by atoms with E-state index in [-0.39, 0.29) is 22.9 Å². The Bertz CT molecular complexity index is 1510. The molecule has 1 N–H and O–H groups in total. The third-order valence-electron chi connectivity index (χ3n) is 8.58. The molecule has 1 saturated carbocycles.